The Morgan fingerprint density at radius 1 is 1.80 bits per heavy atom. The molecule has 56 valence electrons. The molecule has 1 atom stereocenters. The summed E-state index contributed by atoms with van der Waals surface area (Å²) in [6.07, 6.45) is 0.881. The molecule has 0 aromatic carbocycles. The van der Waals surface area contributed by atoms with Crippen molar-refractivity contribution in [3.05, 3.63) is 10.5 Å². The summed E-state index contributed by atoms with van der Waals surface area (Å²) < 4.78 is 1.33. The average Bonchev–Trinajstić information content (AvgIpc) is 2.34. The minimum absolute atomic E-state index is 0.131. The molecule has 0 amide bonds. The quantitative estimate of drug-likeness (QED) is 0.629. The van der Waals surface area contributed by atoms with E-state index in [1.165, 1.54) is 4.68 Å². The molecule has 5 nitrogen and oxygen atoms in total. The molecule has 0 spiro atoms. The van der Waals surface area contributed by atoms with Crippen LogP contribution in [-0.2, 0) is 0 Å². The highest BCUT2D eigenvalue weighted by atomic mass is 16.2. The number of rotatable bonds is 2. The highest BCUT2D eigenvalue weighted by molar-refractivity contribution is 4.59. The average molecular weight is 142 g/mol. The first-order chi connectivity index (χ1) is 4.75. The molecule has 0 saturated carbocycles. The number of nitrogens with zero attached hydrogens (tertiary/aromatic N) is 3. The van der Waals surface area contributed by atoms with Gasteiger partial charge in [0.2, 0.25) is 0 Å². The van der Waals surface area contributed by atoms with E-state index in [9.17, 15) is 4.79 Å². The molecule has 0 aliphatic heterocycles. The van der Waals surface area contributed by atoms with Crippen molar-refractivity contribution in [3.8, 4) is 0 Å². The minimum atomic E-state index is -0.241. The van der Waals surface area contributed by atoms with E-state index in [0.717, 1.165) is 6.42 Å². The van der Waals surface area contributed by atoms with Gasteiger partial charge in [0.15, 0.2) is 0 Å². The van der Waals surface area contributed by atoms with Crippen LogP contribution in [0.4, 0.5) is 0 Å². The van der Waals surface area contributed by atoms with Crippen LogP contribution in [0.15, 0.2) is 4.79 Å². The minimum Gasteiger partial charge on any atom is -0.245 e. The Hall–Kier alpha value is -1.13. The summed E-state index contributed by atoms with van der Waals surface area (Å²) in [6.45, 7) is 3.91. The smallest absolute Gasteiger partial charge is 0.245 e. The summed E-state index contributed by atoms with van der Waals surface area (Å²) in [7, 11) is 0. The largest absolute Gasteiger partial charge is 0.361 e. The van der Waals surface area contributed by atoms with Gasteiger partial charge in [-0.2, -0.15) is 4.68 Å². The van der Waals surface area contributed by atoms with Gasteiger partial charge in [-0.15, -0.1) is 0 Å². The Balaban J connectivity index is 2.93. The predicted molar refractivity (Wildman–Crippen MR) is 35.6 cm³/mol. The molecule has 1 heterocycles. The maximum Gasteiger partial charge on any atom is 0.361 e. The van der Waals surface area contributed by atoms with Crippen LogP contribution < -0.4 is 5.69 Å². The molecule has 10 heavy (non-hydrogen) atoms. The van der Waals surface area contributed by atoms with E-state index in [4.69, 9.17) is 0 Å². The lowest BCUT2D eigenvalue weighted by molar-refractivity contribution is 0.452. The first-order valence-electron chi connectivity index (χ1n) is 3.25. The second kappa shape index (κ2) is 2.64. The Morgan fingerprint density at radius 2 is 2.50 bits per heavy atom. The Kier molecular flexibility index (Phi) is 1.84. The molecule has 0 aliphatic rings. The summed E-state index contributed by atoms with van der Waals surface area (Å²) in [5.74, 6) is 0. The van der Waals surface area contributed by atoms with Crippen molar-refractivity contribution >= 4 is 0 Å². The normalized spacial score (nSPS) is 13.4. The number of nitrogens with one attached hydrogen (secondary N) is 1. The highest BCUT2D eigenvalue weighted by Gasteiger charge is 2.05. The third-order valence-corrected chi connectivity index (χ3v) is 1.50. The fourth-order valence-corrected chi connectivity index (χ4v) is 0.666. The first kappa shape index (κ1) is 6.98. The van der Waals surface area contributed by atoms with Gasteiger partial charge in [-0.1, -0.05) is 6.92 Å². The zero-order valence-corrected chi connectivity index (χ0v) is 6.03. The molecule has 1 rings (SSSR count). The van der Waals surface area contributed by atoms with Crippen LogP contribution in [0.25, 0.3) is 0 Å². The van der Waals surface area contributed by atoms with Crippen molar-refractivity contribution in [1.82, 2.24) is 20.2 Å². The van der Waals surface area contributed by atoms with E-state index in [-0.39, 0.29) is 11.7 Å². The van der Waals surface area contributed by atoms with Crippen LogP contribution in [0.2, 0.25) is 0 Å². The molecule has 0 radical (unpaired) electrons. The number of aromatic amines is 1. The summed E-state index contributed by atoms with van der Waals surface area (Å²) in [5.41, 5.74) is -0.241. The summed E-state index contributed by atoms with van der Waals surface area (Å²) in [5, 5.41) is 9.18. The van der Waals surface area contributed by atoms with Crippen LogP contribution >= 0.6 is 0 Å². The van der Waals surface area contributed by atoms with Gasteiger partial charge >= 0.3 is 5.69 Å². The van der Waals surface area contributed by atoms with Gasteiger partial charge in [0.1, 0.15) is 0 Å². The zero-order chi connectivity index (χ0) is 7.56. The van der Waals surface area contributed by atoms with E-state index in [2.05, 4.69) is 15.5 Å². The van der Waals surface area contributed by atoms with Gasteiger partial charge in [-0.25, -0.2) is 9.89 Å². The molecule has 0 bridgehead atoms. The summed E-state index contributed by atoms with van der Waals surface area (Å²) in [6, 6.07) is 0.131. The van der Waals surface area contributed by atoms with Crippen molar-refractivity contribution < 1.29 is 0 Å². The second-order valence-electron chi connectivity index (χ2n) is 2.21. The number of tetrazole rings is 1. The van der Waals surface area contributed by atoms with Crippen molar-refractivity contribution in [2.24, 2.45) is 0 Å². The number of H-pyrrole nitrogens is 1. The zero-order valence-electron chi connectivity index (χ0n) is 6.03. The maximum atomic E-state index is 10.8. The standard InChI is InChI=1S/C5H10N4O/c1-3-4(2)9-5(10)6-7-8-9/h4H,3H2,1-2H3,(H,6,8,10). The Labute approximate surface area is 58.0 Å². The molecule has 1 unspecified atom stereocenters. The maximum absolute atomic E-state index is 10.8. The summed E-state index contributed by atoms with van der Waals surface area (Å²) in [4.78, 5) is 10.8. The van der Waals surface area contributed by atoms with Gasteiger partial charge in [-0.3, -0.25) is 0 Å². The predicted octanol–water partition coefficient (Wildman–Crippen LogP) is -0.0626. The van der Waals surface area contributed by atoms with Crippen molar-refractivity contribution in [3.63, 3.8) is 0 Å². The fourth-order valence-electron chi connectivity index (χ4n) is 0.666. The van der Waals surface area contributed by atoms with Gasteiger partial charge in [0.25, 0.3) is 0 Å². The van der Waals surface area contributed by atoms with Crippen molar-refractivity contribution in [2.75, 3.05) is 0 Å². The van der Waals surface area contributed by atoms with E-state index in [0.29, 0.717) is 0 Å². The van der Waals surface area contributed by atoms with E-state index in [1.807, 2.05) is 13.8 Å². The lowest BCUT2D eigenvalue weighted by Gasteiger charge is -2.03. The van der Waals surface area contributed by atoms with Crippen LogP contribution in [0.5, 0.6) is 0 Å². The van der Waals surface area contributed by atoms with Gasteiger partial charge < -0.3 is 0 Å². The highest BCUT2D eigenvalue weighted by Crippen LogP contribution is 2.01. The number of hydrogen-bond acceptors (Lipinski definition) is 3. The third-order valence-electron chi connectivity index (χ3n) is 1.50. The number of hydrogen-bond donors (Lipinski definition) is 1. The molecule has 1 aromatic rings. The lowest BCUT2D eigenvalue weighted by atomic mass is 10.3. The van der Waals surface area contributed by atoms with E-state index < -0.39 is 0 Å². The fraction of sp³-hybridized carbons (Fsp3) is 0.800. The first-order valence-corrected chi connectivity index (χ1v) is 3.25. The Morgan fingerprint density at radius 3 is 2.90 bits per heavy atom. The molecular formula is C5H10N4O. The second-order valence-corrected chi connectivity index (χ2v) is 2.21. The van der Waals surface area contributed by atoms with Crippen molar-refractivity contribution in [2.45, 2.75) is 26.3 Å². The van der Waals surface area contributed by atoms with Gasteiger partial charge in [0, 0.05) is 0 Å². The molecule has 0 fully saturated rings. The molecule has 1 aromatic heterocycles. The number of aromatic nitrogens is 4. The van der Waals surface area contributed by atoms with Crippen LogP contribution in [0, 0.1) is 0 Å². The monoisotopic (exact) mass is 142 g/mol. The van der Waals surface area contributed by atoms with Crippen LogP contribution in [0.3, 0.4) is 0 Å². The van der Waals surface area contributed by atoms with Crippen LogP contribution in [-0.4, -0.2) is 20.2 Å². The molecular weight excluding hydrogens is 132 g/mol. The molecule has 0 aliphatic carbocycles. The Bertz CT molecular complexity index is 250. The SMILES string of the molecule is CCC(C)n1nn[nH]c1=O. The molecule has 5 heteroatoms. The van der Waals surface area contributed by atoms with Gasteiger partial charge in [-0.05, 0) is 23.8 Å². The topological polar surface area (TPSA) is 63.6 Å². The van der Waals surface area contributed by atoms with E-state index in [1.54, 1.807) is 0 Å². The van der Waals surface area contributed by atoms with Crippen molar-refractivity contribution in [1.29, 1.82) is 0 Å². The third kappa shape index (κ3) is 1.07. The van der Waals surface area contributed by atoms with Gasteiger partial charge in [0.05, 0.1) is 6.04 Å². The lowest BCUT2D eigenvalue weighted by Crippen LogP contribution is -2.21. The molecule has 1 N–H and O–H groups in total. The molecule has 0 saturated heterocycles. The van der Waals surface area contributed by atoms with Crippen LogP contribution in [0.1, 0.15) is 26.3 Å². The van der Waals surface area contributed by atoms with E-state index >= 15 is 0 Å². The summed E-state index contributed by atoms with van der Waals surface area (Å²) >= 11 is 0.